The van der Waals surface area contributed by atoms with Gasteiger partial charge in [0.15, 0.2) is 0 Å². The van der Waals surface area contributed by atoms with Crippen molar-refractivity contribution in [3.05, 3.63) is 59.7 Å². The summed E-state index contributed by atoms with van der Waals surface area (Å²) in [5, 5.41) is 5.11. The van der Waals surface area contributed by atoms with Gasteiger partial charge in [0, 0.05) is 12.2 Å². The molecule has 0 spiro atoms. The smallest absolute Gasteiger partial charge is 0.406 e. The zero-order valence-electron chi connectivity index (χ0n) is 13.5. The minimum atomic E-state index is -4.75. The molecule has 2 aromatic carbocycles. The first-order chi connectivity index (χ1) is 12.2. The van der Waals surface area contributed by atoms with Gasteiger partial charge >= 0.3 is 12.4 Å². The first-order valence-electron chi connectivity index (χ1n) is 7.48. The number of nitrogens with one attached hydrogen (secondary N) is 2. The number of hydrogen-bond acceptors (Lipinski definition) is 3. The summed E-state index contributed by atoms with van der Waals surface area (Å²) in [6.07, 6.45) is -4.75. The highest BCUT2D eigenvalue weighted by Crippen LogP contribution is 2.22. The van der Waals surface area contributed by atoms with Crippen molar-refractivity contribution in [2.75, 3.05) is 5.32 Å². The van der Waals surface area contributed by atoms with Crippen molar-refractivity contribution in [3.8, 4) is 5.75 Å². The normalized spacial score (nSPS) is 10.9. The van der Waals surface area contributed by atoms with Crippen LogP contribution in [0.25, 0.3) is 0 Å². The minimum absolute atomic E-state index is 0.00548. The number of carbonyl (C=O) groups excluding carboxylic acids is 2. The molecule has 2 rings (SSSR count). The van der Waals surface area contributed by atoms with E-state index in [0.717, 1.165) is 17.7 Å². The van der Waals surface area contributed by atoms with Crippen LogP contribution in [0.2, 0.25) is 0 Å². The number of hydrogen-bond donors (Lipinski definition) is 3. The molecule has 138 valence electrons. The largest absolute Gasteiger partial charge is 0.573 e. The van der Waals surface area contributed by atoms with Crippen molar-refractivity contribution in [1.82, 2.24) is 5.32 Å². The SMILES string of the molecule is NC(=O)Nc1cccc(CNC(=O)Cc2ccc(OC(F)(F)F)cc2)c1. The molecule has 9 heteroatoms. The molecule has 0 unspecified atom stereocenters. The number of halogens is 3. The minimum Gasteiger partial charge on any atom is -0.406 e. The van der Waals surface area contributed by atoms with Crippen LogP contribution < -0.4 is 21.1 Å². The van der Waals surface area contributed by atoms with Gasteiger partial charge in [-0.3, -0.25) is 4.79 Å². The van der Waals surface area contributed by atoms with E-state index in [-0.39, 0.29) is 24.6 Å². The van der Waals surface area contributed by atoms with E-state index in [4.69, 9.17) is 5.73 Å². The fraction of sp³-hybridized carbons (Fsp3) is 0.176. The molecule has 4 N–H and O–H groups in total. The molecule has 0 radical (unpaired) electrons. The van der Waals surface area contributed by atoms with Gasteiger partial charge in [-0.05, 0) is 35.4 Å². The van der Waals surface area contributed by atoms with Crippen molar-refractivity contribution in [3.63, 3.8) is 0 Å². The topological polar surface area (TPSA) is 93.5 Å². The van der Waals surface area contributed by atoms with E-state index in [1.165, 1.54) is 12.1 Å². The molecule has 0 saturated heterocycles. The maximum atomic E-state index is 12.1. The van der Waals surface area contributed by atoms with Crippen LogP contribution in [0, 0.1) is 0 Å². The summed E-state index contributed by atoms with van der Waals surface area (Å²) in [4.78, 5) is 22.8. The zero-order chi connectivity index (χ0) is 19.2. The van der Waals surface area contributed by atoms with Gasteiger partial charge in [0.25, 0.3) is 0 Å². The third-order valence-corrected chi connectivity index (χ3v) is 3.21. The summed E-state index contributed by atoms with van der Waals surface area (Å²) in [6.45, 7) is 0.225. The lowest BCUT2D eigenvalue weighted by molar-refractivity contribution is -0.274. The lowest BCUT2D eigenvalue weighted by Crippen LogP contribution is -2.24. The summed E-state index contributed by atoms with van der Waals surface area (Å²) in [6, 6.07) is 11.2. The van der Waals surface area contributed by atoms with Crippen molar-refractivity contribution < 1.29 is 27.5 Å². The Morgan fingerprint density at radius 1 is 1.04 bits per heavy atom. The van der Waals surface area contributed by atoms with E-state index in [9.17, 15) is 22.8 Å². The van der Waals surface area contributed by atoms with Crippen LogP contribution >= 0.6 is 0 Å². The number of alkyl halides is 3. The molecule has 2 aromatic rings. The first kappa shape index (κ1) is 19.1. The Hall–Kier alpha value is -3.23. The van der Waals surface area contributed by atoms with Crippen LogP contribution in [0.1, 0.15) is 11.1 Å². The Balaban J connectivity index is 1.86. The summed E-state index contributed by atoms with van der Waals surface area (Å²) in [5.41, 5.74) is 6.83. The molecule has 0 aromatic heterocycles. The molecular formula is C17H16F3N3O3. The molecule has 0 aliphatic rings. The third kappa shape index (κ3) is 6.71. The number of ether oxygens (including phenoxy) is 1. The quantitative estimate of drug-likeness (QED) is 0.733. The highest BCUT2D eigenvalue weighted by Gasteiger charge is 2.30. The Morgan fingerprint density at radius 2 is 1.73 bits per heavy atom. The highest BCUT2D eigenvalue weighted by atomic mass is 19.4. The van der Waals surface area contributed by atoms with E-state index in [1.54, 1.807) is 24.3 Å². The van der Waals surface area contributed by atoms with Gasteiger partial charge in [-0.1, -0.05) is 24.3 Å². The van der Waals surface area contributed by atoms with Crippen LogP contribution in [-0.2, 0) is 17.8 Å². The number of carbonyl (C=O) groups is 2. The second-order valence-corrected chi connectivity index (χ2v) is 5.33. The van der Waals surface area contributed by atoms with Gasteiger partial charge in [-0.15, -0.1) is 13.2 Å². The number of urea groups is 1. The van der Waals surface area contributed by atoms with Crippen molar-refractivity contribution >= 4 is 17.6 Å². The van der Waals surface area contributed by atoms with Gasteiger partial charge in [-0.2, -0.15) is 0 Å². The van der Waals surface area contributed by atoms with Gasteiger partial charge in [0.1, 0.15) is 5.75 Å². The molecular weight excluding hydrogens is 351 g/mol. The second-order valence-electron chi connectivity index (χ2n) is 5.33. The van der Waals surface area contributed by atoms with E-state index in [2.05, 4.69) is 15.4 Å². The standard InChI is InChI=1S/C17H16F3N3O3/c18-17(19,20)26-14-6-4-11(5-7-14)9-15(24)22-10-12-2-1-3-13(8-12)23-16(21)25/h1-8H,9-10H2,(H,22,24)(H3,21,23,25). The first-order valence-corrected chi connectivity index (χ1v) is 7.48. The number of benzene rings is 2. The fourth-order valence-electron chi connectivity index (χ4n) is 2.16. The predicted octanol–water partition coefficient (Wildman–Crippen LogP) is 2.93. The number of primary amides is 1. The Kier molecular flexibility index (Phi) is 6.05. The summed E-state index contributed by atoms with van der Waals surface area (Å²) >= 11 is 0. The predicted molar refractivity (Wildman–Crippen MR) is 88.3 cm³/mol. The molecule has 6 nitrogen and oxygen atoms in total. The number of nitrogens with two attached hydrogens (primary N) is 1. The molecule has 26 heavy (non-hydrogen) atoms. The van der Waals surface area contributed by atoms with Gasteiger partial charge in [0.2, 0.25) is 5.91 Å². The third-order valence-electron chi connectivity index (χ3n) is 3.21. The Morgan fingerprint density at radius 3 is 2.35 bits per heavy atom. The average molecular weight is 367 g/mol. The molecule has 0 aliphatic carbocycles. The molecule has 3 amide bonds. The average Bonchev–Trinajstić information content (AvgIpc) is 2.53. The van der Waals surface area contributed by atoms with Crippen LogP contribution in [0.3, 0.4) is 0 Å². The number of amides is 3. The molecule has 0 atom stereocenters. The monoisotopic (exact) mass is 367 g/mol. The van der Waals surface area contributed by atoms with Gasteiger partial charge < -0.3 is 21.1 Å². The summed E-state index contributed by atoms with van der Waals surface area (Å²) < 4.78 is 40.1. The Bertz CT molecular complexity index is 777. The van der Waals surface area contributed by atoms with Crippen LogP contribution in [-0.4, -0.2) is 18.3 Å². The number of rotatable bonds is 6. The van der Waals surface area contributed by atoms with Gasteiger partial charge in [0.05, 0.1) is 6.42 Å². The van der Waals surface area contributed by atoms with E-state index in [0.29, 0.717) is 11.3 Å². The van der Waals surface area contributed by atoms with Crippen LogP contribution in [0.5, 0.6) is 5.75 Å². The zero-order valence-corrected chi connectivity index (χ0v) is 13.5. The lowest BCUT2D eigenvalue weighted by atomic mass is 10.1. The van der Waals surface area contributed by atoms with E-state index in [1.807, 2.05) is 0 Å². The van der Waals surface area contributed by atoms with E-state index < -0.39 is 12.4 Å². The number of anilines is 1. The fourth-order valence-corrected chi connectivity index (χ4v) is 2.16. The van der Waals surface area contributed by atoms with Crippen molar-refractivity contribution in [2.24, 2.45) is 5.73 Å². The molecule has 0 fully saturated rings. The van der Waals surface area contributed by atoms with E-state index >= 15 is 0 Å². The molecule has 0 aliphatic heterocycles. The maximum Gasteiger partial charge on any atom is 0.573 e. The Labute approximate surface area is 147 Å². The molecule has 0 heterocycles. The second kappa shape index (κ2) is 8.24. The summed E-state index contributed by atoms with van der Waals surface area (Å²) in [7, 11) is 0. The maximum absolute atomic E-state index is 12.1. The highest BCUT2D eigenvalue weighted by molar-refractivity contribution is 5.87. The summed E-state index contributed by atoms with van der Waals surface area (Å²) in [5.74, 6) is -0.650. The molecule has 0 saturated carbocycles. The van der Waals surface area contributed by atoms with Crippen LogP contribution in [0.15, 0.2) is 48.5 Å². The van der Waals surface area contributed by atoms with Crippen molar-refractivity contribution in [1.29, 1.82) is 0 Å². The van der Waals surface area contributed by atoms with Gasteiger partial charge in [-0.25, -0.2) is 4.79 Å². The van der Waals surface area contributed by atoms with Crippen LogP contribution in [0.4, 0.5) is 23.7 Å². The van der Waals surface area contributed by atoms with Crippen molar-refractivity contribution in [2.45, 2.75) is 19.3 Å². The lowest BCUT2D eigenvalue weighted by Gasteiger charge is -2.10. The molecule has 0 bridgehead atoms.